The van der Waals surface area contributed by atoms with Crippen LogP contribution in [0.1, 0.15) is 12.8 Å². The van der Waals surface area contributed by atoms with Gasteiger partial charge in [-0.05, 0) is 18.9 Å². The first kappa shape index (κ1) is 11.3. The lowest BCUT2D eigenvalue weighted by Gasteiger charge is -2.21. The van der Waals surface area contributed by atoms with Crippen molar-refractivity contribution in [3.63, 3.8) is 0 Å². The van der Waals surface area contributed by atoms with E-state index in [2.05, 4.69) is 15.3 Å². The standard InChI is InChI=1S/C11H11F3N4/c1-18-6-16-8-7(18)2-5-15-9(8)17-10(3-4-10)11(12,13)14/h2,5-6H,3-4H2,1H3,(H,15,17). The molecule has 1 aliphatic carbocycles. The summed E-state index contributed by atoms with van der Waals surface area (Å²) in [6.45, 7) is 0. The van der Waals surface area contributed by atoms with Gasteiger partial charge in [-0.3, -0.25) is 0 Å². The average molecular weight is 256 g/mol. The molecule has 1 saturated carbocycles. The van der Waals surface area contributed by atoms with Crippen LogP contribution in [-0.2, 0) is 7.05 Å². The monoisotopic (exact) mass is 256 g/mol. The minimum Gasteiger partial charge on any atom is -0.354 e. The Morgan fingerprint density at radius 3 is 2.67 bits per heavy atom. The number of aryl methyl sites for hydroxylation is 1. The van der Waals surface area contributed by atoms with E-state index in [1.165, 1.54) is 6.20 Å². The maximum Gasteiger partial charge on any atom is 0.411 e. The molecule has 0 atom stereocenters. The highest BCUT2D eigenvalue weighted by molar-refractivity contribution is 5.86. The predicted molar refractivity (Wildman–Crippen MR) is 60.2 cm³/mol. The molecule has 0 unspecified atom stereocenters. The lowest BCUT2D eigenvalue weighted by Crippen LogP contribution is -2.39. The zero-order chi connectivity index (χ0) is 13.0. The maximum atomic E-state index is 12.9. The van der Waals surface area contributed by atoms with Crippen LogP contribution in [0.5, 0.6) is 0 Å². The third-order valence-corrected chi connectivity index (χ3v) is 3.29. The van der Waals surface area contributed by atoms with Crippen molar-refractivity contribution in [2.45, 2.75) is 24.6 Å². The van der Waals surface area contributed by atoms with E-state index in [-0.39, 0.29) is 18.7 Å². The molecule has 96 valence electrons. The first-order chi connectivity index (χ1) is 8.43. The molecule has 1 aliphatic rings. The maximum absolute atomic E-state index is 12.9. The topological polar surface area (TPSA) is 42.7 Å². The number of imidazole rings is 1. The molecule has 0 amide bonds. The largest absolute Gasteiger partial charge is 0.411 e. The molecule has 2 aromatic rings. The van der Waals surface area contributed by atoms with Gasteiger partial charge in [0.2, 0.25) is 0 Å². The highest BCUT2D eigenvalue weighted by atomic mass is 19.4. The second-order valence-corrected chi connectivity index (χ2v) is 4.59. The van der Waals surface area contributed by atoms with Crippen LogP contribution in [0.2, 0.25) is 0 Å². The van der Waals surface area contributed by atoms with Crippen LogP contribution in [0, 0.1) is 0 Å². The van der Waals surface area contributed by atoms with Gasteiger partial charge in [-0.2, -0.15) is 13.2 Å². The molecule has 2 aromatic heterocycles. The summed E-state index contributed by atoms with van der Waals surface area (Å²) in [5, 5.41) is 2.51. The van der Waals surface area contributed by atoms with Gasteiger partial charge in [-0.1, -0.05) is 0 Å². The lowest BCUT2D eigenvalue weighted by atomic mass is 10.2. The van der Waals surface area contributed by atoms with Crippen molar-refractivity contribution in [1.29, 1.82) is 0 Å². The van der Waals surface area contributed by atoms with Crippen molar-refractivity contribution in [2.75, 3.05) is 5.32 Å². The predicted octanol–water partition coefficient (Wildman–Crippen LogP) is 2.48. The number of hydrogen-bond donors (Lipinski definition) is 1. The second kappa shape index (κ2) is 3.37. The molecule has 0 radical (unpaired) electrons. The van der Waals surface area contributed by atoms with E-state index in [1.807, 2.05) is 0 Å². The molecule has 1 fully saturated rings. The summed E-state index contributed by atoms with van der Waals surface area (Å²) in [7, 11) is 1.79. The number of halogens is 3. The van der Waals surface area contributed by atoms with Crippen molar-refractivity contribution >= 4 is 16.9 Å². The minimum absolute atomic E-state index is 0.0847. The molecule has 0 aromatic carbocycles. The second-order valence-electron chi connectivity index (χ2n) is 4.59. The number of rotatable bonds is 2. The highest BCUT2D eigenvalue weighted by Gasteiger charge is 2.63. The third-order valence-electron chi connectivity index (χ3n) is 3.29. The number of aromatic nitrogens is 3. The van der Waals surface area contributed by atoms with Gasteiger partial charge in [-0.25, -0.2) is 9.97 Å². The number of pyridine rings is 1. The average Bonchev–Trinajstić information content (AvgIpc) is 2.99. The number of nitrogens with one attached hydrogen (secondary N) is 1. The Kier molecular flexibility index (Phi) is 2.11. The van der Waals surface area contributed by atoms with E-state index in [0.717, 1.165) is 5.52 Å². The van der Waals surface area contributed by atoms with Gasteiger partial charge in [0.05, 0.1) is 11.8 Å². The number of anilines is 1. The van der Waals surface area contributed by atoms with Gasteiger partial charge < -0.3 is 9.88 Å². The van der Waals surface area contributed by atoms with Crippen molar-refractivity contribution < 1.29 is 13.2 Å². The molecule has 18 heavy (non-hydrogen) atoms. The van der Waals surface area contributed by atoms with Crippen molar-refractivity contribution in [1.82, 2.24) is 14.5 Å². The Morgan fingerprint density at radius 1 is 1.33 bits per heavy atom. The fourth-order valence-corrected chi connectivity index (χ4v) is 1.98. The van der Waals surface area contributed by atoms with Crippen LogP contribution in [0.4, 0.5) is 19.0 Å². The van der Waals surface area contributed by atoms with E-state index < -0.39 is 11.7 Å². The van der Waals surface area contributed by atoms with Crippen LogP contribution in [0.15, 0.2) is 18.6 Å². The van der Waals surface area contributed by atoms with Gasteiger partial charge in [-0.15, -0.1) is 0 Å². The van der Waals surface area contributed by atoms with Crippen molar-refractivity contribution in [2.24, 2.45) is 7.05 Å². The van der Waals surface area contributed by atoms with Crippen LogP contribution in [0.25, 0.3) is 11.0 Å². The quantitative estimate of drug-likeness (QED) is 0.897. The summed E-state index contributed by atoms with van der Waals surface area (Å²) in [6.07, 6.45) is -1.04. The molecule has 3 rings (SSSR count). The summed E-state index contributed by atoms with van der Waals surface area (Å²) in [5.74, 6) is 0.197. The van der Waals surface area contributed by atoms with Gasteiger partial charge >= 0.3 is 6.18 Å². The molecule has 7 heteroatoms. The lowest BCUT2D eigenvalue weighted by molar-refractivity contribution is -0.151. The molecule has 0 bridgehead atoms. The van der Waals surface area contributed by atoms with Crippen molar-refractivity contribution in [3.05, 3.63) is 18.6 Å². The first-order valence-electron chi connectivity index (χ1n) is 5.54. The molecular weight excluding hydrogens is 245 g/mol. The Bertz CT molecular complexity index is 598. The van der Waals surface area contributed by atoms with E-state index in [9.17, 15) is 13.2 Å². The molecule has 4 nitrogen and oxygen atoms in total. The number of hydrogen-bond acceptors (Lipinski definition) is 3. The smallest absolute Gasteiger partial charge is 0.354 e. The minimum atomic E-state index is -4.26. The Hall–Kier alpha value is -1.79. The summed E-state index contributed by atoms with van der Waals surface area (Å²) in [5.41, 5.74) is -0.591. The number of alkyl halides is 3. The van der Waals surface area contributed by atoms with Gasteiger partial charge in [0.1, 0.15) is 11.1 Å². The fraction of sp³-hybridized carbons (Fsp3) is 0.455. The van der Waals surface area contributed by atoms with E-state index >= 15 is 0 Å². The Balaban J connectivity index is 2.01. The fourth-order valence-electron chi connectivity index (χ4n) is 1.98. The summed E-state index contributed by atoms with van der Waals surface area (Å²) < 4.78 is 40.4. The molecular formula is C11H11F3N4. The molecule has 0 spiro atoms. The van der Waals surface area contributed by atoms with Gasteiger partial charge in [0.15, 0.2) is 5.82 Å². The van der Waals surface area contributed by atoms with Crippen LogP contribution in [0.3, 0.4) is 0 Å². The number of fused-ring (bicyclic) bond motifs is 1. The van der Waals surface area contributed by atoms with Gasteiger partial charge in [0.25, 0.3) is 0 Å². The van der Waals surface area contributed by atoms with Crippen LogP contribution >= 0.6 is 0 Å². The number of nitrogens with zero attached hydrogens (tertiary/aromatic N) is 3. The summed E-state index contributed by atoms with van der Waals surface area (Å²) >= 11 is 0. The molecule has 1 N–H and O–H groups in total. The zero-order valence-electron chi connectivity index (χ0n) is 9.62. The SMILES string of the molecule is Cn1cnc2c(NC3(C(F)(F)F)CC3)nccc21. The zero-order valence-corrected chi connectivity index (χ0v) is 9.62. The summed E-state index contributed by atoms with van der Waals surface area (Å²) in [4.78, 5) is 8.05. The molecule has 0 saturated heterocycles. The molecule has 2 heterocycles. The van der Waals surface area contributed by atoms with Crippen LogP contribution in [-0.4, -0.2) is 26.3 Å². The highest BCUT2D eigenvalue weighted by Crippen LogP contribution is 2.51. The normalized spacial score (nSPS) is 18.0. The van der Waals surface area contributed by atoms with Crippen LogP contribution < -0.4 is 5.32 Å². The van der Waals surface area contributed by atoms with E-state index in [1.54, 1.807) is 24.0 Å². The van der Waals surface area contributed by atoms with Gasteiger partial charge in [0, 0.05) is 13.2 Å². The molecule has 0 aliphatic heterocycles. The van der Waals surface area contributed by atoms with Crippen molar-refractivity contribution in [3.8, 4) is 0 Å². The third kappa shape index (κ3) is 1.53. The Labute approximate surface area is 101 Å². The Morgan fingerprint density at radius 2 is 2.06 bits per heavy atom. The first-order valence-corrected chi connectivity index (χ1v) is 5.54. The van der Waals surface area contributed by atoms with E-state index in [4.69, 9.17) is 0 Å². The van der Waals surface area contributed by atoms with E-state index in [0.29, 0.717) is 5.52 Å². The summed E-state index contributed by atoms with van der Waals surface area (Å²) in [6, 6.07) is 1.72.